The van der Waals surface area contributed by atoms with E-state index in [1.807, 2.05) is 25.1 Å². The fraction of sp³-hybridized carbons (Fsp3) is 0.150. The molecule has 3 N–H and O–H groups in total. The number of amides is 1. The van der Waals surface area contributed by atoms with Crippen molar-refractivity contribution in [2.24, 2.45) is 0 Å². The maximum Gasteiger partial charge on any atom is 0.255 e. The normalized spacial score (nSPS) is 15.6. The minimum absolute atomic E-state index is 0.111. The standard InChI is InChI=1S/C20H19N5O3/c1-12-17(19(27)24-15-8-3-4-9-16(15)28-2)18(13-6-5-7-14(26)10-13)25-20(23-12)21-11-22-25/h3-11,18,26H,1-2H3,(H,24,27)(H,21,22,23)/t18-/m1/s1. The number of phenolic OH excluding ortho intramolecular Hbond substituents is 1. The lowest BCUT2D eigenvalue weighted by Crippen LogP contribution is -2.31. The van der Waals surface area contributed by atoms with Crippen molar-refractivity contribution in [2.75, 3.05) is 17.7 Å². The molecular weight excluding hydrogens is 358 g/mol. The van der Waals surface area contributed by atoms with Crippen LogP contribution in [0.3, 0.4) is 0 Å². The molecule has 1 aliphatic rings. The van der Waals surface area contributed by atoms with Gasteiger partial charge >= 0.3 is 0 Å². The predicted octanol–water partition coefficient (Wildman–Crippen LogP) is 2.92. The van der Waals surface area contributed by atoms with E-state index in [0.717, 1.165) is 5.56 Å². The molecule has 1 aromatic heterocycles. The first kappa shape index (κ1) is 17.6. The SMILES string of the molecule is COc1ccccc1NC(=O)C1=C(C)Nc2ncnn2[C@@H]1c1cccc(O)c1. The summed E-state index contributed by atoms with van der Waals surface area (Å²) < 4.78 is 6.95. The van der Waals surface area contributed by atoms with Gasteiger partial charge in [-0.3, -0.25) is 4.79 Å². The monoisotopic (exact) mass is 377 g/mol. The molecule has 0 spiro atoms. The van der Waals surface area contributed by atoms with Gasteiger partial charge in [-0.05, 0) is 36.8 Å². The van der Waals surface area contributed by atoms with Gasteiger partial charge in [0, 0.05) is 5.70 Å². The largest absolute Gasteiger partial charge is 0.508 e. The van der Waals surface area contributed by atoms with Crippen molar-refractivity contribution >= 4 is 17.5 Å². The summed E-state index contributed by atoms with van der Waals surface area (Å²) in [6, 6.07) is 13.4. The number of fused-ring (bicyclic) bond motifs is 1. The highest BCUT2D eigenvalue weighted by Gasteiger charge is 2.33. The van der Waals surface area contributed by atoms with Crippen LogP contribution >= 0.6 is 0 Å². The van der Waals surface area contributed by atoms with E-state index in [9.17, 15) is 9.90 Å². The zero-order chi connectivity index (χ0) is 19.7. The topological polar surface area (TPSA) is 101 Å². The molecule has 0 radical (unpaired) electrons. The lowest BCUT2D eigenvalue weighted by Gasteiger charge is -2.29. The van der Waals surface area contributed by atoms with Crippen molar-refractivity contribution < 1.29 is 14.6 Å². The summed E-state index contributed by atoms with van der Waals surface area (Å²) in [4.78, 5) is 17.5. The van der Waals surface area contributed by atoms with E-state index in [4.69, 9.17) is 4.74 Å². The Morgan fingerprint density at radius 3 is 2.86 bits per heavy atom. The number of methoxy groups -OCH3 is 1. The molecule has 2 aromatic carbocycles. The van der Waals surface area contributed by atoms with Crippen LogP contribution in [0, 0.1) is 0 Å². The van der Waals surface area contributed by atoms with Crippen LogP contribution in [-0.4, -0.2) is 32.9 Å². The number of aromatic hydroxyl groups is 1. The van der Waals surface area contributed by atoms with E-state index in [1.165, 1.54) is 6.33 Å². The van der Waals surface area contributed by atoms with E-state index in [1.54, 1.807) is 42.1 Å². The highest BCUT2D eigenvalue weighted by molar-refractivity contribution is 6.06. The molecule has 3 aromatic rings. The van der Waals surface area contributed by atoms with Gasteiger partial charge < -0.3 is 20.5 Å². The molecule has 1 amide bonds. The summed E-state index contributed by atoms with van der Waals surface area (Å²) in [7, 11) is 1.55. The van der Waals surface area contributed by atoms with Gasteiger partial charge in [-0.1, -0.05) is 24.3 Å². The number of rotatable bonds is 4. The van der Waals surface area contributed by atoms with Gasteiger partial charge in [0.2, 0.25) is 5.95 Å². The maximum atomic E-state index is 13.3. The van der Waals surface area contributed by atoms with Crippen molar-refractivity contribution in [1.29, 1.82) is 0 Å². The van der Waals surface area contributed by atoms with Gasteiger partial charge in [0.05, 0.1) is 18.4 Å². The number of phenols is 1. The minimum Gasteiger partial charge on any atom is -0.508 e. The molecule has 0 saturated heterocycles. The van der Waals surface area contributed by atoms with Gasteiger partial charge in [0.1, 0.15) is 23.9 Å². The zero-order valence-electron chi connectivity index (χ0n) is 15.4. The molecule has 28 heavy (non-hydrogen) atoms. The molecular formula is C20H19N5O3. The van der Waals surface area contributed by atoms with Crippen molar-refractivity contribution in [1.82, 2.24) is 14.8 Å². The fourth-order valence-electron chi connectivity index (χ4n) is 3.33. The molecule has 0 fully saturated rings. The molecule has 0 bridgehead atoms. The van der Waals surface area contributed by atoms with Crippen LogP contribution < -0.4 is 15.4 Å². The molecule has 0 aliphatic carbocycles. The summed E-state index contributed by atoms with van der Waals surface area (Å²) in [6.45, 7) is 1.81. The summed E-state index contributed by atoms with van der Waals surface area (Å²) in [5.74, 6) is 0.900. The second-order valence-corrected chi connectivity index (χ2v) is 6.34. The Morgan fingerprint density at radius 1 is 1.25 bits per heavy atom. The second kappa shape index (κ2) is 7.07. The van der Waals surface area contributed by atoms with Crippen molar-refractivity contribution in [3.63, 3.8) is 0 Å². The Kier molecular flexibility index (Phi) is 4.44. The zero-order valence-corrected chi connectivity index (χ0v) is 15.4. The maximum absolute atomic E-state index is 13.3. The third kappa shape index (κ3) is 3.05. The van der Waals surface area contributed by atoms with Crippen LogP contribution in [0.5, 0.6) is 11.5 Å². The summed E-state index contributed by atoms with van der Waals surface area (Å²) in [5.41, 5.74) is 2.41. The Labute approximate surface area is 161 Å². The van der Waals surface area contributed by atoms with E-state index in [2.05, 4.69) is 20.7 Å². The summed E-state index contributed by atoms with van der Waals surface area (Å²) in [5, 5.41) is 20.2. The van der Waals surface area contributed by atoms with Crippen molar-refractivity contribution in [2.45, 2.75) is 13.0 Å². The molecule has 1 atom stereocenters. The fourth-order valence-corrected chi connectivity index (χ4v) is 3.33. The Morgan fingerprint density at radius 2 is 2.07 bits per heavy atom. The average molecular weight is 377 g/mol. The van der Waals surface area contributed by atoms with E-state index in [-0.39, 0.29) is 11.7 Å². The number of para-hydroxylation sites is 2. The van der Waals surface area contributed by atoms with Crippen molar-refractivity contribution in [3.05, 3.63) is 71.7 Å². The lowest BCUT2D eigenvalue weighted by molar-refractivity contribution is -0.113. The third-order valence-electron chi connectivity index (χ3n) is 4.58. The number of hydrogen-bond donors (Lipinski definition) is 3. The van der Waals surface area contributed by atoms with E-state index in [0.29, 0.717) is 28.7 Å². The highest BCUT2D eigenvalue weighted by atomic mass is 16.5. The number of nitrogens with one attached hydrogen (secondary N) is 2. The van der Waals surface area contributed by atoms with Crippen LogP contribution in [0.25, 0.3) is 0 Å². The van der Waals surface area contributed by atoms with E-state index >= 15 is 0 Å². The third-order valence-corrected chi connectivity index (χ3v) is 4.58. The number of nitrogens with zero attached hydrogens (tertiary/aromatic N) is 3. The predicted molar refractivity (Wildman–Crippen MR) is 104 cm³/mol. The van der Waals surface area contributed by atoms with E-state index < -0.39 is 6.04 Å². The molecule has 2 heterocycles. The van der Waals surface area contributed by atoms with Crippen LogP contribution in [0.15, 0.2) is 66.1 Å². The number of ether oxygens (including phenoxy) is 1. The number of benzene rings is 2. The average Bonchev–Trinajstić information content (AvgIpc) is 3.15. The van der Waals surface area contributed by atoms with Crippen LogP contribution in [0.4, 0.5) is 11.6 Å². The number of allylic oxidation sites excluding steroid dienone is 1. The van der Waals surface area contributed by atoms with Gasteiger partial charge in [0.25, 0.3) is 5.91 Å². The molecule has 8 heteroatoms. The number of carbonyl (C=O) groups excluding carboxylic acids is 1. The molecule has 142 valence electrons. The quantitative estimate of drug-likeness (QED) is 0.646. The van der Waals surface area contributed by atoms with Gasteiger partial charge in [0.15, 0.2) is 0 Å². The molecule has 0 saturated carbocycles. The first-order chi connectivity index (χ1) is 13.6. The van der Waals surface area contributed by atoms with Gasteiger partial charge in [-0.25, -0.2) is 4.68 Å². The number of aromatic nitrogens is 3. The molecule has 1 aliphatic heterocycles. The van der Waals surface area contributed by atoms with Crippen molar-refractivity contribution in [3.8, 4) is 11.5 Å². The highest BCUT2D eigenvalue weighted by Crippen LogP contribution is 2.36. The Bertz CT molecular complexity index is 1070. The number of hydrogen-bond acceptors (Lipinski definition) is 6. The van der Waals surface area contributed by atoms with Crippen LogP contribution in [-0.2, 0) is 4.79 Å². The smallest absolute Gasteiger partial charge is 0.255 e. The number of anilines is 2. The molecule has 8 nitrogen and oxygen atoms in total. The Hall–Kier alpha value is -3.81. The van der Waals surface area contributed by atoms with Gasteiger partial charge in [-0.15, -0.1) is 0 Å². The minimum atomic E-state index is -0.541. The van der Waals surface area contributed by atoms with Gasteiger partial charge in [-0.2, -0.15) is 10.1 Å². The Balaban J connectivity index is 1.77. The summed E-state index contributed by atoms with van der Waals surface area (Å²) in [6.07, 6.45) is 1.42. The first-order valence-electron chi connectivity index (χ1n) is 8.69. The summed E-state index contributed by atoms with van der Waals surface area (Å²) >= 11 is 0. The van der Waals surface area contributed by atoms with Crippen LogP contribution in [0.2, 0.25) is 0 Å². The molecule has 0 unspecified atom stereocenters. The first-order valence-corrected chi connectivity index (χ1v) is 8.69. The molecule has 4 rings (SSSR count). The second-order valence-electron chi connectivity index (χ2n) is 6.34. The lowest BCUT2D eigenvalue weighted by atomic mass is 9.95. The number of carbonyl (C=O) groups is 1. The van der Waals surface area contributed by atoms with Crippen LogP contribution in [0.1, 0.15) is 18.5 Å².